The van der Waals surface area contributed by atoms with E-state index in [4.69, 9.17) is 0 Å². The maximum absolute atomic E-state index is 11.9. The smallest absolute Gasteiger partial charge is 0.239 e. The molecule has 1 saturated carbocycles. The van der Waals surface area contributed by atoms with Crippen LogP contribution in [0.2, 0.25) is 0 Å². The van der Waals surface area contributed by atoms with Crippen LogP contribution >= 0.6 is 11.8 Å². The molecule has 1 aliphatic carbocycles. The minimum absolute atomic E-state index is 0.0288. The number of hydrogen-bond donors (Lipinski definition) is 2. The number of rotatable bonds is 7. The van der Waals surface area contributed by atoms with Gasteiger partial charge in [-0.25, -0.2) is 0 Å². The summed E-state index contributed by atoms with van der Waals surface area (Å²) in [5.41, 5.74) is 0. The van der Waals surface area contributed by atoms with Gasteiger partial charge in [0.25, 0.3) is 0 Å². The van der Waals surface area contributed by atoms with Crippen molar-refractivity contribution in [1.82, 2.24) is 10.6 Å². The lowest BCUT2D eigenvalue weighted by atomic mass is 9.95. The van der Waals surface area contributed by atoms with E-state index in [1.54, 1.807) is 0 Å². The van der Waals surface area contributed by atoms with E-state index < -0.39 is 0 Å². The zero-order valence-corrected chi connectivity index (χ0v) is 13.7. The second-order valence-corrected chi connectivity index (χ2v) is 7.02. The van der Waals surface area contributed by atoms with Crippen LogP contribution in [0.3, 0.4) is 0 Å². The molecule has 0 spiro atoms. The van der Waals surface area contributed by atoms with Gasteiger partial charge in [0, 0.05) is 17.7 Å². The average molecular weight is 300 g/mol. The molecule has 4 nitrogen and oxygen atoms in total. The third kappa shape index (κ3) is 6.64. The standard InChI is InChI=1S/C15H28N2O2S/c1-11(2)8-9-14(18)16-10-15(19)17-12-6-4-5-7-13(12)20-3/h11-13H,4-10H2,1-3H3,(H,16,18)(H,17,19)/t12-,13+/m1/s1. The summed E-state index contributed by atoms with van der Waals surface area (Å²) in [6, 6.07) is 0.263. The van der Waals surface area contributed by atoms with Crippen LogP contribution < -0.4 is 10.6 Å². The Morgan fingerprint density at radius 1 is 1.20 bits per heavy atom. The molecule has 116 valence electrons. The van der Waals surface area contributed by atoms with Gasteiger partial charge in [-0.1, -0.05) is 26.7 Å². The van der Waals surface area contributed by atoms with Crippen molar-refractivity contribution in [3.8, 4) is 0 Å². The molecular formula is C15H28N2O2S. The summed E-state index contributed by atoms with van der Waals surface area (Å²) in [4.78, 5) is 23.4. The molecular weight excluding hydrogens is 272 g/mol. The highest BCUT2D eigenvalue weighted by Crippen LogP contribution is 2.26. The van der Waals surface area contributed by atoms with Gasteiger partial charge in [-0.2, -0.15) is 11.8 Å². The normalized spacial score (nSPS) is 22.6. The topological polar surface area (TPSA) is 58.2 Å². The summed E-state index contributed by atoms with van der Waals surface area (Å²) in [6.45, 7) is 4.28. The Bertz CT molecular complexity index is 321. The van der Waals surface area contributed by atoms with Crippen LogP contribution in [0.5, 0.6) is 0 Å². The first kappa shape index (κ1) is 17.3. The van der Waals surface area contributed by atoms with Gasteiger partial charge >= 0.3 is 0 Å². The Balaban J connectivity index is 2.23. The Kier molecular flexibility index (Phi) is 8.04. The lowest BCUT2D eigenvalue weighted by Gasteiger charge is -2.30. The molecule has 2 atom stereocenters. The predicted octanol–water partition coefficient (Wildman–Crippen LogP) is 2.33. The summed E-state index contributed by atoms with van der Waals surface area (Å²) >= 11 is 1.83. The molecule has 5 heteroatoms. The van der Waals surface area contributed by atoms with Gasteiger partial charge in [0.15, 0.2) is 0 Å². The van der Waals surface area contributed by atoms with Crippen molar-refractivity contribution in [2.24, 2.45) is 5.92 Å². The number of thioether (sulfide) groups is 1. The molecule has 0 aromatic rings. The van der Waals surface area contributed by atoms with E-state index in [9.17, 15) is 9.59 Å². The highest BCUT2D eigenvalue weighted by Gasteiger charge is 2.25. The number of carbonyl (C=O) groups is 2. The van der Waals surface area contributed by atoms with Crippen molar-refractivity contribution in [2.75, 3.05) is 12.8 Å². The third-order valence-corrected chi connectivity index (χ3v) is 4.92. The highest BCUT2D eigenvalue weighted by molar-refractivity contribution is 7.99. The molecule has 0 bridgehead atoms. The molecule has 1 rings (SSSR count). The molecule has 2 amide bonds. The van der Waals surface area contributed by atoms with Crippen LogP contribution in [-0.4, -0.2) is 35.9 Å². The maximum Gasteiger partial charge on any atom is 0.239 e. The fourth-order valence-electron chi connectivity index (χ4n) is 2.49. The molecule has 0 aliphatic heterocycles. The highest BCUT2D eigenvalue weighted by atomic mass is 32.2. The van der Waals surface area contributed by atoms with Crippen LogP contribution in [0.25, 0.3) is 0 Å². The van der Waals surface area contributed by atoms with E-state index in [1.807, 2.05) is 11.8 Å². The van der Waals surface area contributed by atoms with E-state index in [0.717, 1.165) is 12.8 Å². The number of carbonyl (C=O) groups excluding carboxylic acids is 2. The van der Waals surface area contributed by atoms with Gasteiger partial charge in [0.2, 0.25) is 11.8 Å². The van der Waals surface area contributed by atoms with E-state index in [1.165, 1.54) is 19.3 Å². The third-order valence-electron chi connectivity index (χ3n) is 3.75. The summed E-state index contributed by atoms with van der Waals surface area (Å²) in [5, 5.41) is 6.29. The van der Waals surface area contributed by atoms with Crippen molar-refractivity contribution in [1.29, 1.82) is 0 Å². The van der Waals surface area contributed by atoms with Crippen LogP contribution in [-0.2, 0) is 9.59 Å². The monoisotopic (exact) mass is 300 g/mol. The SMILES string of the molecule is CS[C@H]1CCCC[C@H]1NC(=O)CNC(=O)CCC(C)C. The van der Waals surface area contributed by atoms with Crippen molar-refractivity contribution in [2.45, 2.75) is 63.7 Å². The minimum Gasteiger partial charge on any atom is -0.351 e. The lowest BCUT2D eigenvalue weighted by Crippen LogP contribution is -2.47. The molecule has 0 aromatic heterocycles. The first-order chi connectivity index (χ1) is 9.52. The average Bonchev–Trinajstić information content (AvgIpc) is 2.43. The Morgan fingerprint density at radius 3 is 2.55 bits per heavy atom. The Hall–Kier alpha value is -0.710. The largest absolute Gasteiger partial charge is 0.351 e. The van der Waals surface area contributed by atoms with Gasteiger partial charge in [-0.05, 0) is 31.4 Å². The lowest BCUT2D eigenvalue weighted by molar-refractivity contribution is -0.126. The quantitative estimate of drug-likeness (QED) is 0.758. The molecule has 0 unspecified atom stereocenters. The fraction of sp³-hybridized carbons (Fsp3) is 0.867. The fourth-order valence-corrected chi connectivity index (χ4v) is 3.42. The summed E-state index contributed by atoms with van der Waals surface area (Å²) in [7, 11) is 0. The van der Waals surface area contributed by atoms with Gasteiger partial charge in [-0.15, -0.1) is 0 Å². The second-order valence-electron chi connectivity index (χ2n) is 5.94. The van der Waals surface area contributed by atoms with Crippen molar-refractivity contribution < 1.29 is 9.59 Å². The molecule has 1 aliphatic rings. The zero-order valence-electron chi connectivity index (χ0n) is 12.9. The first-order valence-electron chi connectivity index (χ1n) is 7.61. The van der Waals surface area contributed by atoms with Crippen molar-refractivity contribution >= 4 is 23.6 Å². The molecule has 1 fully saturated rings. The van der Waals surface area contributed by atoms with Crippen molar-refractivity contribution in [3.05, 3.63) is 0 Å². The molecule has 0 heterocycles. The van der Waals surface area contributed by atoms with Gasteiger partial charge in [0.05, 0.1) is 6.54 Å². The van der Waals surface area contributed by atoms with E-state index >= 15 is 0 Å². The van der Waals surface area contributed by atoms with Crippen LogP contribution in [0.15, 0.2) is 0 Å². The van der Waals surface area contributed by atoms with E-state index in [0.29, 0.717) is 17.6 Å². The Labute approximate surface area is 126 Å². The molecule has 2 N–H and O–H groups in total. The van der Waals surface area contributed by atoms with Crippen molar-refractivity contribution in [3.63, 3.8) is 0 Å². The summed E-state index contributed by atoms with van der Waals surface area (Å²) < 4.78 is 0. The van der Waals surface area contributed by atoms with Crippen LogP contribution in [0.1, 0.15) is 52.4 Å². The van der Waals surface area contributed by atoms with Gasteiger partial charge in [0.1, 0.15) is 0 Å². The van der Waals surface area contributed by atoms with E-state index in [-0.39, 0.29) is 24.4 Å². The van der Waals surface area contributed by atoms with E-state index in [2.05, 4.69) is 30.7 Å². The molecule has 0 radical (unpaired) electrons. The zero-order chi connectivity index (χ0) is 15.0. The van der Waals surface area contributed by atoms with Crippen LogP contribution in [0.4, 0.5) is 0 Å². The summed E-state index contributed by atoms with van der Waals surface area (Å²) in [5.74, 6) is 0.423. The Morgan fingerprint density at radius 2 is 1.90 bits per heavy atom. The number of amides is 2. The number of nitrogens with one attached hydrogen (secondary N) is 2. The molecule has 20 heavy (non-hydrogen) atoms. The molecule has 0 aromatic carbocycles. The molecule has 0 saturated heterocycles. The first-order valence-corrected chi connectivity index (χ1v) is 8.90. The summed E-state index contributed by atoms with van der Waals surface area (Å²) in [6.07, 6.45) is 8.13. The predicted molar refractivity (Wildman–Crippen MR) is 84.8 cm³/mol. The second kappa shape index (κ2) is 9.27. The van der Waals surface area contributed by atoms with Crippen LogP contribution in [0, 0.1) is 5.92 Å². The number of hydrogen-bond acceptors (Lipinski definition) is 3. The van der Waals surface area contributed by atoms with Gasteiger partial charge < -0.3 is 10.6 Å². The minimum atomic E-state index is -0.0613. The maximum atomic E-state index is 11.9. The van der Waals surface area contributed by atoms with Gasteiger partial charge in [-0.3, -0.25) is 9.59 Å².